The second-order valence-electron chi connectivity index (χ2n) is 6.22. The minimum atomic E-state index is -0.140. The molecule has 26 heavy (non-hydrogen) atoms. The van der Waals surface area contributed by atoms with E-state index in [2.05, 4.69) is 36.5 Å². The van der Waals surface area contributed by atoms with Crippen molar-refractivity contribution < 1.29 is 9.53 Å². The molecule has 0 aromatic heterocycles. The van der Waals surface area contributed by atoms with Crippen LogP contribution in [0.5, 0.6) is 5.75 Å². The lowest BCUT2D eigenvalue weighted by atomic mass is 10.1. The SMILES string of the molecule is Cc1ccc(S[C@H](C)C(=O)NCCOc2ccc3ccccc3c2)cc1. The topological polar surface area (TPSA) is 38.3 Å². The van der Waals surface area contributed by atoms with Gasteiger partial charge in [0.05, 0.1) is 11.8 Å². The number of ether oxygens (including phenoxy) is 1. The van der Waals surface area contributed by atoms with Gasteiger partial charge >= 0.3 is 0 Å². The van der Waals surface area contributed by atoms with Crippen LogP contribution in [0.25, 0.3) is 10.8 Å². The van der Waals surface area contributed by atoms with Crippen molar-refractivity contribution >= 4 is 28.4 Å². The molecule has 134 valence electrons. The quantitative estimate of drug-likeness (QED) is 0.482. The molecule has 0 radical (unpaired) electrons. The number of benzene rings is 3. The Labute approximate surface area is 158 Å². The molecule has 1 atom stereocenters. The summed E-state index contributed by atoms with van der Waals surface area (Å²) in [7, 11) is 0. The number of hydrogen-bond acceptors (Lipinski definition) is 3. The fourth-order valence-corrected chi connectivity index (χ4v) is 3.51. The van der Waals surface area contributed by atoms with E-state index >= 15 is 0 Å². The third-order valence-electron chi connectivity index (χ3n) is 4.09. The number of amides is 1. The first kappa shape index (κ1) is 18.3. The lowest BCUT2D eigenvalue weighted by Crippen LogP contribution is -2.33. The summed E-state index contributed by atoms with van der Waals surface area (Å²) in [5, 5.41) is 5.14. The van der Waals surface area contributed by atoms with Gasteiger partial charge in [-0.3, -0.25) is 4.79 Å². The van der Waals surface area contributed by atoms with Crippen LogP contribution in [0.2, 0.25) is 0 Å². The molecule has 0 aliphatic carbocycles. The van der Waals surface area contributed by atoms with Crippen LogP contribution in [-0.2, 0) is 4.79 Å². The lowest BCUT2D eigenvalue weighted by molar-refractivity contribution is -0.120. The average molecular weight is 365 g/mol. The highest BCUT2D eigenvalue weighted by atomic mass is 32.2. The monoisotopic (exact) mass is 365 g/mol. The zero-order valence-corrected chi connectivity index (χ0v) is 15.9. The van der Waals surface area contributed by atoms with Crippen molar-refractivity contribution in [1.29, 1.82) is 0 Å². The van der Waals surface area contributed by atoms with E-state index in [4.69, 9.17) is 4.74 Å². The molecule has 1 amide bonds. The molecule has 1 N–H and O–H groups in total. The lowest BCUT2D eigenvalue weighted by Gasteiger charge is -2.13. The van der Waals surface area contributed by atoms with E-state index in [1.807, 2.05) is 49.4 Å². The molecule has 0 aliphatic rings. The van der Waals surface area contributed by atoms with Crippen LogP contribution in [0, 0.1) is 6.92 Å². The highest BCUT2D eigenvalue weighted by Gasteiger charge is 2.13. The molecule has 4 heteroatoms. The second-order valence-corrected chi connectivity index (χ2v) is 7.64. The summed E-state index contributed by atoms with van der Waals surface area (Å²) in [6.07, 6.45) is 0. The van der Waals surface area contributed by atoms with Gasteiger partial charge in [-0.25, -0.2) is 0 Å². The van der Waals surface area contributed by atoms with Crippen LogP contribution in [0.1, 0.15) is 12.5 Å². The van der Waals surface area contributed by atoms with Gasteiger partial charge in [-0.2, -0.15) is 0 Å². The highest BCUT2D eigenvalue weighted by Crippen LogP contribution is 2.23. The number of fused-ring (bicyclic) bond motifs is 1. The minimum Gasteiger partial charge on any atom is -0.492 e. The van der Waals surface area contributed by atoms with E-state index in [1.54, 1.807) is 11.8 Å². The van der Waals surface area contributed by atoms with Crippen LogP contribution in [0.4, 0.5) is 0 Å². The standard InChI is InChI=1S/C22H23NO2S/c1-16-7-11-21(12-8-16)26-17(2)22(24)23-13-14-25-20-10-9-18-5-3-4-6-19(18)15-20/h3-12,15,17H,13-14H2,1-2H3,(H,23,24)/t17-/m1/s1. The van der Waals surface area contributed by atoms with Crippen molar-refractivity contribution in [2.45, 2.75) is 24.0 Å². The molecule has 0 aliphatic heterocycles. The van der Waals surface area contributed by atoms with E-state index in [0.717, 1.165) is 16.0 Å². The van der Waals surface area contributed by atoms with E-state index in [0.29, 0.717) is 13.2 Å². The zero-order valence-electron chi connectivity index (χ0n) is 15.1. The molecular formula is C22H23NO2S. The summed E-state index contributed by atoms with van der Waals surface area (Å²) in [6.45, 7) is 4.92. The highest BCUT2D eigenvalue weighted by molar-refractivity contribution is 8.00. The van der Waals surface area contributed by atoms with Gasteiger partial charge in [0.2, 0.25) is 5.91 Å². The smallest absolute Gasteiger partial charge is 0.233 e. The Hall–Kier alpha value is -2.46. The Balaban J connectivity index is 1.43. The maximum atomic E-state index is 12.2. The van der Waals surface area contributed by atoms with Crippen LogP contribution >= 0.6 is 11.8 Å². The summed E-state index contributed by atoms with van der Waals surface area (Å²) >= 11 is 1.56. The fraction of sp³-hybridized carbons (Fsp3) is 0.227. The maximum Gasteiger partial charge on any atom is 0.233 e. The predicted molar refractivity (Wildman–Crippen MR) is 109 cm³/mol. The van der Waals surface area contributed by atoms with Crippen molar-refractivity contribution in [1.82, 2.24) is 5.32 Å². The average Bonchev–Trinajstić information content (AvgIpc) is 2.66. The Morgan fingerprint density at radius 3 is 2.54 bits per heavy atom. The first-order valence-electron chi connectivity index (χ1n) is 8.74. The molecule has 0 saturated heterocycles. The summed E-state index contributed by atoms with van der Waals surface area (Å²) < 4.78 is 5.75. The van der Waals surface area contributed by atoms with Crippen molar-refractivity contribution in [3.8, 4) is 5.75 Å². The summed E-state index contributed by atoms with van der Waals surface area (Å²) in [6, 6.07) is 22.4. The third-order valence-corrected chi connectivity index (χ3v) is 5.21. The normalized spacial score (nSPS) is 11.9. The molecule has 0 spiro atoms. The Kier molecular flexibility index (Phi) is 6.18. The Morgan fingerprint density at radius 2 is 1.77 bits per heavy atom. The molecule has 0 bridgehead atoms. The molecule has 0 unspecified atom stereocenters. The van der Waals surface area contributed by atoms with Crippen LogP contribution < -0.4 is 10.1 Å². The molecule has 0 heterocycles. The minimum absolute atomic E-state index is 0.0256. The van der Waals surface area contributed by atoms with Crippen LogP contribution in [0.15, 0.2) is 71.6 Å². The van der Waals surface area contributed by atoms with Gasteiger partial charge < -0.3 is 10.1 Å². The van der Waals surface area contributed by atoms with Crippen molar-refractivity contribution in [3.05, 3.63) is 72.3 Å². The molecule has 3 aromatic carbocycles. The Morgan fingerprint density at radius 1 is 1.04 bits per heavy atom. The second kappa shape index (κ2) is 8.77. The third kappa shape index (κ3) is 5.02. The van der Waals surface area contributed by atoms with E-state index < -0.39 is 0 Å². The van der Waals surface area contributed by atoms with E-state index in [-0.39, 0.29) is 11.2 Å². The summed E-state index contributed by atoms with van der Waals surface area (Å²) in [4.78, 5) is 13.3. The van der Waals surface area contributed by atoms with Crippen LogP contribution in [0.3, 0.4) is 0 Å². The first-order valence-corrected chi connectivity index (χ1v) is 9.62. The number of hydrogen-bond donors (Lipinski definition) is 1. The molecule has 0 saturated carbocycles. The van der Waals surface area contributed by atoms with Crippen molar-refractivity contribution in [2.75, 3.05) is 13.2 Å². The first-order chi connectivity index (χ1) is 12.6. The summed E-state index contributed by atoms with van der Waals surface area (Å²) in [5.74, 6) is 0.845. The van der Waals surface area contributed by atoms with Gasteiger partial charge in [-0.1, -0.05) is 48.0 Å². The van der Waals surface area contributed by atoms with E-state index in [9.17, 15) is 4.79 Å². The molecule has 0 fully saturated rings. The number of carbonyl (C=O) groups excluding carboxylic acids is 1. The fourth-order valence-electron chi connectivity index (χ4n) is 2.62. The van der Waals surface area contributed by atoms with Gasteiger partial charge in [-0.15, -0.1) is 11.8 Å². The number of rotatable bonds is 7. The number of nitrogens with one attached hydrogen (secondary N) is 1. The maximum absolute atomic E-state index is 12.2. The summed E-state index contributed by atoms with van der Waals surface area (Å²) in [5.41, 5.74) is 1.22. The van der Waals surface area contributed by atoms with Gasteiger partial charge in [-0.05, 0) is 48.9 Å². The van der Waals surface area contributed by atoms with Gasteiger partial charge in [0, 0.05) is 4.90 Å². The zero-order chi connectivity index (χ0) is 18.4. The molecule has 3 nitrogen and oxygen atoms in total. The van der Waals surface area contributed by atoms with Gasteiger partial charge in [0.1, 0.15) is 12.4 Å². The van der Waals surface area contributed by atoms with Crippen molar-refractivity contribution in [3.63, 3.8) is 0 Å². The van der Waals surface area contributed by atoms with Crippen LogP contribution in [-0.4, -0.2) is 24.3 Å². The largest absolute Gasteiger partial charge is 0.492 e. The van der Waals surface area contributed by atoms with Gasteiger partial charge in [0.15, 0.2) is 0 Å². The molecule has 3 aromatic rings. The van der Waals surface area contributed by atoms with E-state index in [1.165, 1.54) is 10.9 Å². The number of thioether (sulfide) groups is 1. The van der Waals surface area contributed by atoms with Crippen molar-refractivity contribution in [2.24, 2.45) is 0 Å². The number of carbonyl (C=O) groups is 1. The predicted octanol–water partition coefficient (Wildman–Crippen LogP) is 4.82. The Bertz CT molecular complexity index is 877. The molecule has 3 rings (SSSR count). The molecular weight excluding hydrogens is 342 g/mol. The number of aryl methyl sites for hydroxylation is 1. The van der Waals surface area contributed by atoms with Gasteiger partial charge in [0.25, 0.3) is 0 Å².